The molecule has 3 rings (SSSR count). The van der Waals surface area contributed by atoms with Crippen molar-refractivity contribution in [1.82, 2.24) is 0 Å². The summed E-state index contributed by atoms with van der Waals surface area (Å²) in [5, 5.41) is 11.2. The number of aromatic carboxylic acids is 1. The van der Waals surface area contributed by atoms with E-state index in [0.29, 0.717) is 16.1 Å². The summed E-state index contributed by atoms with van der Waals surface area (Å²) in [5.41, 5.74) is 1.39. The molecule has 1 aliphatic carbocycles. The van der Waals surface area contributed by atoms with Crippen molar-refractivity contribution in [3.8, 4) is 0 Å². The number of rotatable bonds is 5. The normalized spacial score (nSPS) is 14.2. The SMILES string of the molecule is O=C(O)c1ccc(N(Cc2cccs2)C2CC2)cc1Br. The van der Waals surface area contributed by atoms with Crippen LogP contribution in [0.4, 0.5) is 5.69 Å². The fraction of sp³-hybridized carbons (Fsp3) is 0.267. The lowest BCUT2D eigenvalue weighted by Gasteiger charge is -2.24. The summed E-state index contributed by atoms with van der Waals surface area (Å²) in [5.74, 6) is -0.903. The lowest BCUT2D eigenvalue weighted by Crippen LogP contribution is -2.24. The van der Waals surface area contributed by atoms with Crippen molar-refractivity contribution in [3.05, 3.63) is 50.6 Å². The van der Waals surface area contributed by atoms with Gasteiger partial charge in [-0.2, -0.15) is 0 Å². The van der Waals surface area contributed by atoms with E-state index in [1.807, 2.05) is 12.1 Å². The van der Waals surface area contributed by atoms with Crippen LogP contribution in [0.2, 0.25) is 0 Å². The maximum Gasteiger partial charge on any atom is 0.336 e. The molecule has 0 bridgehead atoms. The molecule has 0 amide bonds. The Kier molecular flexibility index (Phi) is 3.81. The number of carboxylic acids is 1. The van der Waals surface area contributed by atoms with Crippen LogP contribution in [0.1, 0.15) is 28.1 Å². The van der Waals surface area contributed by atoms with E-state index in [0.717, 1.165) is 12.2 Å². The van der Waals surface area contributed by atoms with E-state index in [4.69, 9.17) is 5.11 Å². The Bertz CT molecular complexity index is 623. The van der Waals surface area contributed by atoms with Gasteiger partial charge in [0.05, 0.1) is 12.1 Å². The number of hydrogen-bond acceptors (Lipinski definition) is 3. The minimum atomic E-state index is -0.903. The number of halogens is 1. The van der Waals surface area contributed by atoms with Crippen molar-refractivity contribution < 1.29 is 9.90 Å². The number of carboxylic acid groups (broad SMARTS) is 1. The molecule has 0 aliphatic heterocycles. The zero-order valence-corrected chi connectivity index (χ0v) is 13.2. The molecule has 5 heteroatoms. The van der Waals surface area contributed by atoms with Crippen LogP contribution in [0.25, 0.3) is 0 Å². The molecule has 1 aliphatic rings. The summed E-state index contributed by atoms with van der Waals surface area (Å²) in [6.07, 6.45) is 2.42. The smallest absolute Gasteiger partial charge is 0.336 e. The van der Waals surface area contributed by atoms with Crippen molar-refractivity contribution in [2.45, 2.75) is 25.4 Å². The standard InChI is InChI=1S/C15H14BrNO2S/c16-14-8-11(5-6-13(14)15(18)19)17(10-3-4-10)9-12-2-1-7-20-12/h1-2,5-8,10H,3-4,9H2,(H,18,19). The minimum absolute atomic E-state index is 0.306. The Morgan fingerprint density at radius 3 is 2.75 bits per heavy atom. The third kappa shape index (κ3) is 2.88. The van der Waals surface area contributed by atoms with E-state index in [2.05, 4.69) is 38.3 Å². The lowest BCUT2D eigenvalue weighted by atomic mass is 10.2. The van der Waals surface area contributed by atoms with E-state index < -0.39 is 5.97 Å². The van der Waals surface area contributed by atoms with Crippen LogP contribution < -0.4 is 4.90 Å². The highest BCUT2D eigenvalue weighted by molar-refractivity contribution is 9.10. The summed E-state index contributed by atoms with van der Waals surface area (Å²) in [7, 11) is 0. The second-order valence-electron chi connectivity index (χ2n) is 4.91. The molecule has 20 heavy (non-hydrogen) atoms. The predicted molar refractivity (Wildman–Crippen MR) is 84.6 cm³/mol. The van der Waals surface area contributed by atoms with E-state index in [1.165, 1.54) is 17.7 Å². The molecule has 0 atom stereocenters. The molecule has 1 N–H and O–H groups in total. The maximum absolute atomic E-state index is 11.1. The van der Waals surface area contributed by atoms with Crippen molar-refractivity contribution in [1.29, 1.82) is 0 Å². The average Bonchev–Trinajstić information content (AvgIpc) is 3.12. The highest BCUT2D eigenvalue weighted by atomic mass is 79.9. The van der Waals surface area contributed by atoms with Gasteiger partial charge in [0.1, 0.15) is 0 Å². The molecule has 2 aromatic rings. The number of nitrogens with zero attached hydrogens (tertiary/aromatic N) is 1. The van der Waals surface area contributed by atoms with Gasteiger partial charge in [0.25, 0.3) is 0 Å². The van der Waals surface area contributed by atoms with Crippen LogP contribution in [0.3, 0.4) is 0 Å². The highest BCUT2D eigenvalue weighted by Gasteiger charge is 2.29. The molecule has 1 heterocycles. The van der Waals surface area contributed by atoms with Crippen LogP contribution >= 0.6 is 27.3 Å². The Morgan fingerprint density at radius 2 is 2.20 bits per heavy atom. The molecule has 0 unspecified atom stereocenters. The predicted octanol–water partition coefficient (Wildman–Crippen LogP) is 4.38. The minimum Gasteiger partial charge on any atom is -0.478 e. The van der Waals surface area contributed by atoms with Gasteiger partial charge < -0.3 is 10.0 Å². The molecule has 1 saturated carbocycles. The zero-order chi connectivity index (χ0) is 14.1. The summed E-state index contributed by atoms with van der Waals surface area (Å²) in [4.78, 5) is 14.8. The Hall–Kier alpha value is -1.33. The van der Waals surface area contributed by atoms with Gasteiger partial charge in [-0.15, -0.1) is 11.3 Å². The third-order valence-corrected chi connectivity index (χ3v) is 4.93. The summed E-state index contributed by atoms with van der Waals surface area (Å²) in [6, 6.07) is 10.3. The number of benzene rings is 1. The average molecular weight is 352 g/mol. The van der Waals surface area contributed by atoms with Gasteiger partial charge in [0.15, 0.2) is 0 Å². The van der Waals surface area contributed by atoms with Crippen LogP contribution in [-0.4, -0.2) is 17.1 Å². The van der Waals surface area contributed by atoms with E-state index in [1.54, 1.807) is 17.4 Å². The Labute approximate surface area is 130 Å². The lowest BCUT2D eigenvalue weighted by molar-refractivity contribution is 0.0696. The summed E-state index contributed by atoms with van der Waals surface area (Å²) >= 11 is 5.11. The van der Waals surface area contributed by atoms with Gasteiger partial charge in [-0.05, 0) is 58.4 Å². The van der Waals surface area contributed by atoms with Crippen molar-refractivity contribution in [2.24, 2.45) is 0 Å². The molecule has 0 radical (unpaired) electrons. The topological polar surface area (TPSA) is 40.5 Å². The van der Waals surface area contributed by atoms with E-state index in [-0.39, 0.29) is 0 Å². The summed E-state index contributed by atoms with van der Waals surface area (Å²) in [6.45, 7) is 0.890. The van der Waals surface area contributed by atoms with Crippen LogP contribution in [-0.2, 0) is 6.54 Å². The second-order valence-corrected chi connectivity index (χ2v) is 6.79. The van der Waals surface area contributed by atoms with Crippen LogP contribution in [0, 0.1) is 0 Å². The number of anilines is 1. The van der Waals surface area contributed by atoms with Crippen molar-refractivity contribution >= 4 is 38.9 Å². The van der Waals surface area contributed by atoms with Crippen molar-refractivity contribution in [2.75, 3.05) is 4.90 Å². The quantitative estimate of drug-likeness (QED) is 0.868. The molecule has 1 fully saturated rings. The summed E-state index contributed by atoms with van der Waals surface area (Å²) < 4.78 is 0.638. The Morgan fingerprint density at radius 1 is 1.40 bits per heavy atom. The highest BCUT2D eigenvalue weighted by Crippen LogP contribution is 2.35. The van der Waals surface area contributed by atoms with Gasteiger partial charge in [-0.1, -0.05) is 6.07 Å². The van der Waals surface area contributed by atoms with Crippen LogP contribution in [0.5, 0.6) is 0 Å². The van der Waals surface area contributed by atoms with E-state index >= 15 is 0 Å². The zero-order valence-electron chi connectivity index (χ0n) is 10.8. The van der Waals surface area contributed by atoms with E-state index in [9.17, 15) is 4.79 Å². The first kappa shape index (κ1) is 13.6. The van der Waals surface area contributed by atoms with Gasteiger partial charge in [-0.3, -0.25) is 0 Å². The first-order chi connectivity index (χ1) is 9.65. The largest absolute Gasteiger partial charge is 0.478 e. The first-order valence-corrected chi connectivity index (χ1v) is 8.14. The number of hydrogen-bond donors (Lipinski definition) is 1. The first-order valence-electron chi connectivity index (χ1n) is 6.47. The fourth-order valence-corrected chi connectivity index (χ4v) is 3.48. The molecule has 3 nitrogen and oxygen atoms in total. The van der Waals surface area contributed by atoms with Gasteiger partial charge in [0, 0.05) is 21.1 Å². The van der Waals surface area contributed by atoms with Gasteiger partial charge in [-0.25, -0.2) is 4.79 Å². The molecule has 1 aromatic heterocycles. The molecule has 0 spiro atoms. The third-order valence-electron chi connectivity index (χ3n) is 3.41. The number of carbonyl (C=O) groups is 1. The Balaban J connectivity index is 1.88. The van der Waals surface area contributed by atoms with Gasteiger partial charge in [0.2, 0.25) is 0 Å². The van der Waals surface area contributed by atoms with Crippen LogP contribution in [0.15, 0.2) is 40.2 Å². The maximum atomic E-state index is 11.1. The fourth-order valence-electron chi connectivity index (χ4n) is 2.24. The molecular weight excluding hydrogens is 338 g/mol. The van der Waals surface area contributed by atoms with Crippen molar-refractivity contribution in [3.63, 3.8) is 0 Å². The second kappa shape index (κ2) is 5.58. The molecule has 0 saturated heterocycles. The van der Waals surface area contributed by atoms with Gasteiger partial charge >= 0.3 is 5.97 Å². The molecule has 104 valence electrons. The molecular formula is C15H14BrNO2S. The monoisotopic (exact) mass is 351 g/mol. The number of thiophene rings is 1. The molecule has 1 aromatic carbocycles.